The van der Waals surface area contributed by atoms with Gasteiger partial charge in [0.2, 0.25) is 0 Å². The van der Waals surface area contributed by atoms with E-state index in [-0.39, 0.29) is 0 Å². The van der Waals surface area contributed by atoms with Crippen LogP contribution in [-0.2, 0) is 0 Å². The Hall–Kier alpha value is -0.863. The quantitative estimate of drug-likeness (QED) is 0.671. The van der Waals surface area contributed by atoms with Gasteiger partial charge in [-0.1, -0.05) is 89.3 Å². The Bertz CT molecular complexity index is 418. The van der Waals surface area contributed by atoms with Gasteiger partial charge in [-0.25, -0.2) is 0 Å². The average Bonchev–Trinajstić information content (AvgIpc) is 2.31. The molecule has 2 rings (SSSR count). The summed E-state index contributed by atoms with van der Waals surface area (Å²) in [5.74, 6) is 0. The van der Waals surface area contributed by atoms with Crippen LogP contribution < -0.4 is 5.19 Å². The predicted molar refractivity (Wildman–Crippen MR) is 83.6 cm³/mol. The van der Waals surface area contributed by atoms with Crippen LogP contribution in [0.2, 0.25) is 19.6 Å². The molecular weight excluding hydrogens is 288 g/mol. The molecule has 17 heavy (non-hydrogen) atoms. The maximum absolute atomic E-state index is 3.31. The molecule has 0 atom stereocenters. The van der Waals surface area contributed by atoms with Gasteiger partial charge < -0.3 is 0 Å². The molecule has 0 bridgehead atoms. The molecule has 0 unspecified atom stereocenters. The fourth-order valence-corrected chi connectivity index (χ4v) is 2.85. The summed E-state index contributed by atoms with van der Waals surface area (Å²) in [6.07, 6.45) is 0. The first-order valence-corrected chi connectivity index (χ1v) is 10.1. The fourth-order valence-electron chi connectivity index (χ4n) is 1.35. The molecule has 2 heteroatoms. The molecule has 0 aliphatic rings. The number of rotatable bonds is 1. The van der Waals surface area contributed by atoms with E-state index in [0.717, 1.165) is 4.47 Å². The van der Waals surface area contributed by atoms with Crippen LogP contribution in [0.25, 0.3) is 0 Å². The van der Waals surface area contributed by atoms with Crippen molar-refractivity contribution in [3.8, 4) is 0 Å². The molecular formula is C15H19BrSi. The van der Waals surface area contributed by atoms with Crippen molar-refractivity contribution in [2.24, 2.45) is 0 Å². The first-order chi connectivity index (χ1) is 8.00. The Balaban J connectivity index is 0.000000181. The normalized spacial score (nSPS) is 10.4. The van der Waals surface area contributed by atoms with Crippen LogP contribution in [0.5, 0.6) is 0 Å². The molecule has 0 nitrogen and oxygen atoms in total. The van der Waals surface area contributed by atoms with E-state index in [1.54, 1.807) is 0 Å². The summed E-state index contributed by atoms with van der Waals surface area (Å²) in [4.78, 5) is 0. The number of benzene rings is 2. The van der Waals surface area contributed by atoms with Crippen LogP contribution >= 0.6 is 15.9 Å². The topological polar surface area (TPSA) is 0 Å². The zero-order valence-corrected chi connectivity index (χ0v) is 13.2. The highest BCUT2D eigenvalue weighted by Crippen LogP contribution is 2.05. The summed E-state index contributed by atoms with van der Waals surface area (Å²) in [5.41, 5.74) is 0. The van der Waals surface area contributed by atoms with Crippen molar-refractivity contribution >= 4 is 29.2 Å². The Labute approximate surface area is 114 Å². The molecule has 0 saturated carbocycles. The van der Waals surface area contributed by atoms with E-state index >= 15 is 0 Å². The molecule has 0 spiro atoms. The highest BCUT2D eigenvalue weighted by molar-refractivity contribution is 9.10. The number of hydrogen-bond donors (Lipinski definition) is 0. The van der Waals surface area contributed by atoms with E-state index in [1.165, 1.54) is 5.19 Å². The summed E-state index contributed by atoms with van der Waals surface area (Å²) in [5, 5.41) is 1.54. The van der Waals surface area contributed by atoms with Crippen molar-refractivity contribution in [2.45, 2.75) is 19.6 Å². The van der Waals surface area contributed by atoms with E-state index in [2.05, 4.69) is 65.9 Å². The minimum Gasteiger partial charge on any atom is -0.0656 e. The van der Waals surface area contributed by atoms with Gasteiger partial charge in [0.15, 0.2) is 0 Å². The van der Waals surface area contributed by atoms with Crippen LogP contribution in [-0.4, -0.2) is 8.07 Å². The van der Waals surface area contributed by atoms with Gasteiger partial charge in [-0.05, 0) is 12.1 Å². The van der Waals surface area contributed by atoms with Gasteiger partial charge in [0.1, 0.15) is 0 Å². The SMILES string of the molecule is Brc1ccccc1.C[Si](C)(C)c1ccccc1. The molecule has 0 N–H and O–H groups in total. The van der Waals surface area contributed by atoms with Crippen LogP contribution in [0.4, 0.5) is 0 Å². The average molecular weight is 307 g/mol. The lowest BCUT2D eigenvalue weighted by atomic mass is 10.4. The van der Waals surface area contributed by atoms with Crippen molar-refractivity contribution in [3.05, 3.63) is 65.1 Å². The summed E-state index contributed by atoms with van der Waals surface area (Å²) >= 11 is 3.31. The first kappa shape index (κ1) is 14.2. The van der Waals surface area contributed by atoms with Gasteiger partial charge in [-0.3, -0.25) is 0 Å². The number of halogens is 1. The molecule has 0 aliphatic heterocycles. The molecule has 2 aromatic carbocycles. The third-order valence-corrected chi connectivity index (χ3v) is 4.97. The molecule has 0 aromatic heterocycles. The van der Waals surface area contributed by atoms with Crippen molar-refractivity contribution in [1.29, 1.82) is 0 Å². The van der Waals surface area contributed by atoms with Gasteiger partial charge in [0, 0.05) is 4.47 Å². The lowest BCUT2D eigenvalue weighted by molar-refractivity contribution is 1.66. The summed E-state index contributed by atoms with van der Waals surface area (Å²) in [6.45, 7) is 7.09. The van der Waals surface area contributed by atoms with Gasteiger partial charge in [-0.15, -0.1) is 0 Å². The molecule has 0 aliphatic carbocycles. The third kappa shape index (κ3) is 5.85. The van der Waals surface area contributed by atoms with E-state index in [4.69, 9.17) is 0 Å². The predicted octanol–water partition coefficient (Wildman–Crippen LogP) is 4.68. The summed E-state index contributed by atoms with van der Waals surface area (Å²) in [6, 6.07) is 20.7. The van der Waals surface area contributed by atoms with Crippen molar-refractivity contribution in [1.82, 2.24) is 0 Å². The fraction of sp³-hybridized carbons (Fsp3) is 0.200. The van der Waals surface area contributed by atoms with Crippen LogP contribution in [0.3, 0.4) is 0 Å². The maximum atomic E-state index is 3.31. The van der Waals surface area contributed by atoms with Crippen molar-refractivity contribution in [3.63, 3.8) is 0 Å². The Morgan fingerprint density at radius 1 is 0.706 bits per heavy atom. The lowest BCUT2D eigenvalue weighted by Gasteiger charge is -2.15. The molecule has 0 saturated heterocycles. The van der Waals surface area contributed by atoms with Gasteiger partial charge >= 0.3 is 0 Å². The molecule has 0 amide bonds. The van der Waals surface area contributed by atoms with Gasteiger partial charge in [-0.2, -0.15) is 0 Å². The first-order valence-electron chi connectivity index (χ1n) is 5.76. The van der Waals surface area contributed by atoms with Crippen LogP contribution in [0, 0.1) is 0 Å². The van der Waals surface area contributed by atoms with Gasteiger partial charge in [0.25, 0.3) is 0 Å². The number of hydrogen-bond acceptors (Lipinski definition) is 0. The van der Waals surface area contributed by atoms with E-state index in [9.17, 15) is 0 Å². The Morgan fingerprint density at radius 2 is 1.12 bits per heavy atom. The summed E-state index contributed by atoms with van der Waals surface area (Å²) < 4.78 is 1.13. The third-order valence-electron chi connectivity index (χ3n) is 2.37. The highest BCUT2D eigenvalue weighted by Gasteiger charge is 2.14. The second-order valence-electron chi connectivity index (χ2n) is 4.91. The van der Waals surface area contributed by atoms with E-state index < -0.39 is 8.07 Å². The van der Waals surface area contributed by atoms with Crippen LogP contribution in [0.15, 0.2) is 65.1 Å². The molecule has 0 radical (unpaired) electrons. The van der Waals surface area contributed by atoms with E-state index in [1.807, 2.05) is 30.3 Å². The molecule has 0 fully saturated rings. The standard InChI is InChI=1S/C9H14Si.C6H5Br/c1-10(2,3)9-7-5-4-6-8-9;7-6-4-2-1-3-5-6/h4-8H,1-3H3;1-5H. The van der Waals surface area contributed by atoms with Crippen LogP contribution in [0.1, 0.15) is 0 Å². The highest BCUT2D eigenvalue weighted by atomic mass is 79.9. The van der Waals surface area contributed by atoms with Crippen molar-refractivity contribution in [2.75, 3.05) is 0 Å². The summed E-state index contributed by atoms with van der Waals surface area (Å²) in [7, 11) is -1.03. The van der Waals surface area contributed by atoms with Gasteiger partial charge in [0.05, 0.1) is 8.07 Å². The largest absolute Gasteiger partial charge is 0.0775 e. The minimum absolute atomic E-state index is 1.03. The zero-order chi connectivity index (χ0) is 12.7. The second-order valence-corrected chi connectivity index (χ2v) is 10.9. The minimum atomic E-state index is -1.03. The Kier molecular flexibility index (Phi) is 5.66. The maximum Gasteiger partial charge on any atom is 0.0775 e. The molecule has 0 heterocycles. The van der Waals surface area contributed by atoms with E-state index in [0.29, 0.717) is 0 Å². The Morgan fingerprint density at radius 3 is 1.35 bits per heavy atom. The lowest BCUT2D eigenvalue weighted by Crippen LogP contribution is -2.37. The second kappa shape index (κ2) is 6.77. The zero-order valence-electron chi connectivity index (χ0n) is 10.7. The van der Waals surface area contributed by atoms with Crippen molar-refractivity contribution < 1.29 is 0 Å². The molecule has 2 aromatic rings. The monoisotopic (exact) mass is 306 g/mol. The molecule has 90 valence electrons. The smallest absolute Gasteiger partial charge is 0.0656 e.